The van der Waals surface area contributed by atoms with Crippen molar-refractivity contribution in [1.82, 2.24) is 0 Å². The Labute approximate surface area is 88.8 Å². The zero-order valence-corrected chi connectivity index (χ0v) is 8.82. The Morgan fingerprint density at radius 1 is 1.33 bits per heavy atom. The molecule has 3 nitrogen and oxygen atoms in total. The third-order valence-corrected chi connectivity index (χ3v) is 2.32. The highest BCUT2D eigenvalue weighted by Gasteiger charge is 2.03. The molecule has 0 radical (unpaired) electrons. The molecule has 0 aliphatic heterocycles. The predicted octanol–water partition coefficient (Wildman–Crippen LogP) is 2.43. The topological polar surface area (TPSA) is 48.4 Å². The van der Waals surface area contributed by atoms with Crippen molar-refractivity contribution >= 4 is 11.0 Å². The SMILES string of the molecule is CCOCc1cc2ccc(CN)cc2o1. The molecule has 0 saturated heterocycles. The lowest BCUT2D eigenvalue weighted by molar-refractivity contribution is 0.119. The van der Waals surface area contributed by atoms with Gasteiger partial charge in [-0.2, -0.15) is 0 Å². The van der Waals surface area contributed by atoms with Crippen LogP contribution in [0.15, 0.2) is 28.7 Å². The van der Waals surface area contributed by atoms with Gasteiger partial charge in [-0.3, -0.25) is 0 Å². The van der Waals surface area contributed by atoms with E-state index in [9.17, 15) is 0 Å². The summed E-state index contributed by atoms with van der Waals surface area (Å²) in [6.07, 6.45) is 0. The third-order valence-electron chi connectivity index (χ3n) is 2.32. The van der Waals surface area contributed by atoms with Crippen LogP contribution in [0.5, 0.6) is 0 Å². The van der Waals surface area contributed by atoms with Crippen molar-refractivity contribution in [2.24, 2.45) is 5.73 Å². The number of nitrogens with two attached hydrogens (primary N) is 1. The Balaban J connectivity index is 2.29. The van der Waals surface area contributed by atoms with Gasteiger partial charge in [0, 0.05) is 18.5 Å². The fraction of sp³-hybridized carbons (Fsp3) is 0.333. The summed E-state index contributed by atoms with van der Waals surface area (Å²) in [5.74, 6) is 0.862. The maximum absolute atomic E-state index is 5.63. The van der Waals surface area contributed by atoms with Gasteiger partial charge < -0.3 is 14.9 Å². The number of furan rings is 1. The molecule has 0 unspecified atom stereocenters. The molecule has 0 spiro atoms. The molecule has 0 aliphatic rings. The molecule has 0 aliphatic carbocycles. The summed E-state index contributed by atoms with van der Waals surface area (Å²) >= 11 is 0. The number of hydrogen-bond donors (Lipinski definition) is 1. The minimum absolute atomic E-state index is 0.531. The predicted molar refractivity (Wildman–Crippen MR) is 59.4 cm³/mol. The molecule has 1 aromatic carbocycles. The van der Waals surface area contributed by atoms with Crippen LogP contribution in [0.4, 0.5) is 0 Å². The fourth-order valence-electron chi connectivity index (χ4n) is 1.53. The third kappa shape index (κ3) is 2.19. The second kappa shape index (κ2) is 4.47. The zero-order chi connectivity index (χ0) is 10.7. The van der Waals surface area contributed by atoms with Crippen molar-refractivity contribution in [1.29, 1.82) is 0 Å². The van der Waals surface area contributed by atoms with Crippen molar-refractivity contribution in [3.63, 3.8) is 0 Å². The molecule has 1 aromatic heterocycles. The van der Waals surface area contributed by atoms with Gasteiger partial charge in [0.25, 0.3) is 0 Å². The summed E-state index contributed by atoms with van der Waals surface area (Å²) in [5, 5.41) is 1.10. The minimum Gasteiger partial charge on any atom is -0.459 e. The minimum atomic E-state index is 0.531. The molecule has 3 heteroatoms. The monoisotopic (exact) mass is 205 g/mol. The Hall–Kier alpha value is -1.32. The Bertz CT molecular complexity index is 448. The molecule has 1 heterocycles. The van der Waals surface area contributed by atoms with E-state index in [-0.39, 0.29) is 0 Å². The van der Waals surface area contributed by atoms with Crippen LogP contribution < -0.4 is 5.73 Å². The van der Waals surface area contributed by atoms with E-state index in [1.807, 2.05) is 31.2 Å². The van der Waals surface area contributed by atoms with Gasteiger partial charge in [0.15, 0.2) is 0 Å². The van der Waals surface area contributed by atoms with E-state index in [1.165, 1.54) is 0 Å². The molecule has 0 amide bonds. The zero-order valence-electron chi connectivity index (χ0n) is 8.82. The van der Waals surface area contributed by atoms with Crippen LogP contribution in [0.25, 0.3) is 11.0 Å². The van der Waals surface area contributed by atoms with Crippen LogP contribution in [0, 0.1) is 0 Å². The van der Waals surface area contributed by atoms with E-state index >= 15 is 0 Å². The van der Waals surface area contributed by atoms with Crippen LogP contribution in [-0.4, -0.2) is 6.61 Å². The van der Waals surface area contributed by atoms with Crippen molar-refractivity contribution in [3.05, 3.63) is 35.6 Å². The first-order valence-corrected chi connectivity index (χ1v) is 5.12. The second-order valence-electron chi connectivity index (χ2n) is 3.43. The maximum Gasteiger partial charge on any atom is 0.134 e. The van der Waals surface area contributed by atoms with Crippen molar-refractivity contribution in [2.45, 2.75) is 20.1 Å². The first-order chi connectivity index (χ1) is 7.33. The van der Waals surface area contributed by atoms with Gasteiger partial charge in [-0.25, -0.2) is 0 Å². The van der Waals surface area contributed by atoms with Crippen LogP contribution >= 0.6 is 0 Å². The van der Waals surface area contributed by atoms with Crippen LogP contribution in [0.3, 0.4) is 0 Å². The quantitative estimate of drug-likeness (QED) is 0.833. The highest BCUT2D eigenvalue weighted by atomic mass is 16.5. The normalized spacial score (nSPS) is 11.1. The number of ether oxygens (including phenoxy) is 1. The summed E-state index contributed by atoms with van der Waals surface area (Å²) in [4.78, 5) is 0. The first-order valence-electron chi connectivity index (χ1n) is 5.12. The molecule has 80 valence electrons. The summed E-state index contributed by atoms with van der Waals surface area (Å²) in [6, 6.07) is 8.02. The molecule has 0 bridgehead atoms. The molecule has 0 fully saturated rings. The molecule has 2 aromatic rings. The van der Waals surface area contributed by atoms with Crippen LogP contribution in [0.2, 0.25) is 0 Å². The number of benzene rings is 1. The van der Waals surface area contributed by atoms with E-state index in [1.54, 1.807) is 0 Å². The Morgan fingerprint density at radius 2 is 2.20 bits per heavy atom. The van der Waals surface area contributed by atoms with E-state index in [0.29, 0.717) is 19.8 Å². The summed E-state index contributed by atoms with van der Waals surface area (Å²) in [6.45, 7) is 3.74. The number of hydrogen-bond acceptors (Lipinski definition) is 3. The van der Waals surface area contributed by atoms with Gasteiger partial charge in [0.05, 0.1) is 0 Å². The van der Waals surface area contributed by atoms with Crippen LogP contribution in [0.1, 0.15) is 18.2 Å². The lowest BCUT2D eigenvalue weighted by Crippen LogP contribution is -1.94. The Morgan fingerprint density at radius 3 is 2.93 bits per heavy atom. The highest BCUT2D eigenvalue weighted by Crippen LogP contribution is 2.21. The molecule has 0 atom stereocenters. The molecular weight excluding hydrogens is 190 g/mol. The van der Waals surface area contributed by atoms with Gasteiger partial charge in [0.1, 0.15) is 18.0 Å². The van der Waals surface area contributed by atoms with Gasteiger partial charge in [-0.05, 0) is 24.6 Å². The van der Waals surface area contributed by atoms with Crippen LogP contribution in [-0.2, 0) is 17.9 Å². The highest BCUT2D eigenvalue weighted by molar-refractivity contribution is 5.78. The molecule has 2 N–H and O–H groups in total. The van der Waals surface area contributed by atoms with Crippen molar-refractivity contribution < 1.29 is 9.15 Å². The van der Waals surface area contributed by atoms with E-state index in [0.717, 1.165) is 22.3 Å². The van der Waals surface area contributed by atoms with Crippen molar-refractivity contribution in [2.75, 3.05) is 6.61 Å². The first kappa shape index (κ1) is 10.2. The summed E-state index contributed by atoms with van der Waals surface area (Å²) in [7, 11) is 0. The average Bonchev–Trinajstić information content (AvgIpc) is 2.67. The lowest BCUT2D eigenvalue weighted by atomic mass is 10.2. The second-order valence-corrected chi connectivity index (χ2v) is 3.43. The standard InChI is InChI=1S/C12H15NO2/c1-2-14-8-11-6-10-4-3-9(7-13)5-12(10)15-11/h3-6H,2,7-8,13H2,1H3. The molecule has 2 rings (SSSR count). The smallest absolute Gasteiger partial charge is 0.134 e. The summed E-state index contributed by atoms with van der Waals surface area (Å²) < 4.78 is 10.9. The Kier molecular flexibility index (Phi) is 3.04. The fourth-order valence-corrected chi connectivity index (χ4v) is 1.53. The maximum atomic E-state index is 5.63. The van der Waals surface area contributed by atoms with Gasteiger partial charge in [-0.1, -0.05) is 12.1 Å². The largest absolute Gasteiger partial charge is 0.459 e. The number of rotatable bonds is 4. The van der Waals surface area contributed by atoms with Crippen molar-refractivity contribution in [3.8, 4) is 0 Å². The van der Waals surface area contributed by atoms with E-state index < -0.39 is 0 Å². The average molecular weight is 205 g/mol. The lowest BCUT2D eigenvalue weighted by Gasteiger charge is -1.95. The van der Waals surface area contributed by atoms with E-state index in [2.05, 4.69) is 0 Å². The molecule has 15 heavy (non-hydrogen) atoms. The van der Waals surface area contributed by atoms with Gasteiger partial charge in [0.2, 0.25) is 0 Å². The molecule has 0 saturated carbocycles. The molecular formula is C12H15NO2. The van der Waals surface area contributed by atoms with Gasteiger partial charge in [-0.15, -0.1) is 0 Å². The summed E-state index contributed by atoms with van der Waals surface area (Å²) in [5.41, 5.74) is 7.53. The van der Waals surface area contributed by atoms with E-state index in [4.69, 9.17) is 14.9 Å². The number of fused-ring (bicyclic) bond motifs is 1. The van der Waals surface area contributed by atoms with Gasteiger partial charge >= 0.3 is 0 Å².